The Morgan fingerprint density at radius 1 is 0.974 bits per heavy atom. The molecule has 1 aliphatic heterocycles. The average Bonchev–Trinajstić information content (AvgIpc) is 3.45. The van der Waals surface area contributed by atoms with Gasteiger partial charge in [0.1, 0.15) is 5.82 Å². The Balaban J connectivity index is 1.31. The van der Waals surface area contributed by atoms with E-state index in [0.29, 0.717) is 42.2 Å². The highest BCUT2D eigenvalue weighted by molar-refractivity contribution is 6.30. The summed E-state index contributed by atoms with van der Waals surface area (Å²) < 4.78 is 17.9. The summed E-state index contributed by atoms with van der Waals surface area (Å²) in [5.74, 6) is -0.419. The van der Waals surface area contributed by atoms with E-state index in [0.717, 1.165) is 28.0 Å². The first-order chi connectivity index (χ1) is 18.4. The maximum absolute atomic E-state index is 14.2. The maximum Gasteiger partial charge on any atom is 0.326 e. The van der Waals surface area contributed by atoms with Gasteiger partial charge in [-0.2, -0.15) is 0 Å². The molecule has 6 nitrogen and oxygen atoms in total. The average molecular weight is 529 g/mol. The van der Waals surface area contributed by atoms with Gasteiger partial charge in [0, 0.05) is 35.5 Å². The van der Waals surface area contributed by atoms with E-state index in [1.165, 1.54) is 12.1 Å². The number of piperidine rings is 1. The standard InChI is InChI=1S/C30H26ClFN4O2/c1-19-25(18-28(20-9-11-21(31)12-10-20)35(19)24-6-4-5-22(32)17-24)29(37)34-15-13-23(14-16-34)36-27-8-3-2-7-26(27)33-30(36)38/h2-12,17-18,23H,13-16H2,1H3,(H,33,38). The minimum atomic E-state index is -0.347. The van der Waals surface area contributed by atoms with Crippen LogP contribution in [0.15, 0.2) is 83.7 Å². The van der Waals surface area contributed by atoms with Crippen LogP contribution in [-0.2, 0) is 0 Å². The molecular weight excluding hydrogens is 503 g/mol. The Bertz CT molecular complexity index is 1710. The molecule has 2 aromatic heterocycles. The van der Waals surface area contributed by atoms with E-state index in [2.05, 4.69) is 4.98 Å². The zero-order valence-corrected chi connectivity index (χ0v) is 21.6. The smallest absolute Gasteiger partial charge is 0.326 e. The number of carbonyl (C=O) groups excluding carboxylic acids is 1. The van der Waals surface area contributed by atoms with Crippen LogP contribution in [0.4, 0.5) is 4.39 Å². The van der Waals surface area contributed by atoms with Crippen LogP contribution in [0.2, 0.25) is 5.02 Å². The van der Waals surface area contributed by atoms with Gasteiger partial charge < -0.3 is 14.5 Å². The number of nitrogens with zero attached hydrogens (tertiary/aromatic N) is 3. The number of hydrogen-bond acceptors (Lipinski definition) is 2. The number of benzene rings is 3. The summed E-state index contributed by atoms with van der Waals surface area (Å²) in [4.78, 5) is 31.2. The second-order valence-corrected chi connectivity index (χ2v) is 10.1. The molecule has 1 fully saturated rings. The Kier molecular flexibility index (Phi) is 6.16. The van der Waals surface area contributed by atoms with E-state index in [4.69, 9.17) is 11.6 Å². The number of amides is 1. The van der Waals surface area contributed by atoms with Gasteiger partial charge in [-0.15, -0.1) is 0 Å². The zero-order valence-electron chi connectivity index (χ0n) is 20.8. The minimum absolute atomic E-state index is 0.0188. The molecule has 0 unspecified atom stereocenters. The predicted octanol–water partition coefficient (Wildman–Crippen LogP) is 6.37. The number of nitrogens with one attached hydrogen (secondary N) is 1. The molecule has 1 amide bonds. The van der Waals surface area contributed by atoms with Gasteiger partial charge in [0.05, 0.1) is 22.3 Å². The monoisotopic (exact) mass is 528 g/mol. The van der Waals surface area contributed by atoms with Crippen LogP contribution in [0, 0.1) is 12.7 Å². The molecule has 0 bridgehead atoms. The third kappa shape index (κ3) is 4.23. The third-order valence-corrected chi connectivity index (χ3v) is 7.68. The summed E-state index contributed by atoms with van der Waals surface area (Å²) in [5, 5.41) is 0.614. The topological polar surface area (TPSA) is 63.0 Å². The lowest BCUT2D eigenvalue weighted by Crippen LogP contribution is -2.40. The van der Waals surface area contributed by atoms with Gasteiger partial charge in [0.25, 0.3) is 5.91 Å². The first kappa shape index (κ1) is 24.2. The number of aromatic amines is 1. The molecule has 0 aliphatic carbocycles. The van der Waals surface area contributed by atoms with Crippen LogP contribution in [0.1, 0.15) is 34.9 Å². The number of rotatable bonds is 4. The third-order valence-electron chi connectivity index (χ3n) is 7.42. The SMILES string of the molecule is Cc1c(C(=O)N2CCC(n3c(=O)[nH]c4ccccc43)CC2)cc(-c2ccc(Cl)cc2)n1-c1cccc(F)c1. The van der Waals surface area contributed by atoms with Crippen molar-refractivity contribution < 1.29 is 9.18 Å². The molecule has 5 aromatic rings. The van der Waals surface area contributed by atoms with Crippen molar-refractivity contribution in [1.82, 2.24) is 19.0 Å². The second kappa shape index (κ2) is 9.65. The molecule has 1 aliphatic rings. The van der Waals surface area contributed by atoms with Gasteiger partial charge in [-0.1, -0.05) is 41.9 Å². The van der Waals surface area contributed by atoms with Crippen LogP contribution in [0.5, 0.6) is 0 Å². The van der Waals surface area contributed by atoms with Crippen molar-refractivity contribution in [2.24, 2.45) is 0 Å². The molecule has 3 aromatic carbocycles. The Labute approximate surface area is 223 Å². The van der Waals surface area contributed by atoms with Crippen molar-refractivity contribution in [3.05, 3.63) is 111 Å². The number of carbonyl (C=O) groups is 1. The number of aromatic nitrogens is 3. The lowest BCUT2D eigenvalue weighted by atomic mass is 10.0. The summed E-state index contributed by atoms with van der Waals surface area (Å²) >= 11 is 6.12. The summed E-state index contributed by atoms with van der Waals surface area (Å²) in [6.07, 6.45) is 1.36. The summed E-state index contributed by atoms with van der Waals surface area (Å²) in [6, 6.07) is 23.3. The lowest BCUT2D eigenvalue weighted by Gasteiger charge is -2.32. The summed E-state index contributed by atoms with van der Waals surface area (Å²) in [5.41, 5.74) is 5.20. The number of H-pyrrole nitrogens is 1. The first-order valence-electron chi connectivity index (χ1n) is 12.6. The molecule has 0 spiro atoms. The quantitative estimate of drug-likeness (QED) is 0.295. The molecule has 0 radical (unpaired) electrons. The fourth-order valence-electron chi connectivity index (χ4n) is 5.54. The zero-order chi connectivity index (χ0) is 26.4. The highest BCUT2D eigenvalue weighted by Crippen LogP contribution is 2.32. The number of hydrogen-bond donors (Lipinski definition) is 1. The molecule has 0 atom stereocenters. The largest absolute Gasteiger partial charge is 0.338 e. The van der Waals surface area contributed by atoms with Gasteiger partial charge in [0.15, 0.2) is 0 Å². The van der Waals surface area contributed by atoms with Crippen molar-refractivity contribution in [2.45, 2.75) is 25.8 Å². The number of para-hydroxylation sites is 2. The van der Waals surface area contributed by atoms with Gasteiger partial charge in [-0.25, -0.2) is 9.18 Å². The summed E-state index contributed by atoms with van der Waals surface area (Å²) in [7, 11) is 0. The molecular formula is C30H26ClFN4O2. The molecule has 0 saturated carbocycles. The Morgan fingerprint density at radius 2 is 1.71 bits per heavy atom. The van der Waals surface area contributed by atoms with E-state index in [1.54, 1.807) is 18.2 Å². The Hall–Kier alpha value is -4.10. The fraction of sp³-hybridized carbons (Fsp3) is 0.200. The first-order valence-corrected chi connectivity index (χ1v) is 13.0. The molecule has 1 N–H and O–H groups in total. The number of likely N-dealkylation sites (tertiary alicyclic amines) is 1. The normalized spacial score (nSPS) is 14.3. The highest BCUT2D eigenvalue weighted by Gasteiger charge is 2.29. The van der Waals surface area contributed by atoms with Crippen molar-refractivity contribution in [1.29, 1.82) is 0 Å². The van der Waals surface area contributed by atoms with Gasteiger partial charge >= 0.3 is 5.69 Å². The van der Waals surface area contributed by atoms with Crippen LogP contribution in [0.25, 0.3) is 28.0 Å². The highest BCUT2D eigenvalue weighted by atomic mass is 35.5. The van der Waals surface area contributed by atoms with E-state index < -0.39 is 0 Å². The molecule has 1 saturated heterocycles. The van der Waals surface area contributed by atoms with Gasteiger partial charge in [-0.3, -0.25) is 9.36 Å². The number of fused-ring (bicyclic) bond motifs is 1. The number of imidazole rings is 1. The van der Waals surface area contributed by atoms with E-state index in [9.17, 15) is 14.0 Å². The van der Waals surface area contributed by atoms with Crippen molar-refractivity contribution in [3.8, 4) is 16.9 Å². The van der Waals surface area contributed by atoms with E-state index in [-0.39, 0.29) is 23.5 Å². The Morgan fingerprint density at radius 3 is 2.45 bits per heavy atom. The molecule has 192 valence electrons. The van der Waals surface area contributed by atoms with Crippen LogP contribution >= 0.6 is 11.6 Å². The van der Waals surface area contributed by atoms with Gasteiger partial charge in [-0.05, 0) is 73.9 Å². The number of halogens is 2. The van der Waals surface area contributed by atoms with E-state index >= 15 is 0 Å². The maximum atomic E-state index is 14.2. The fourth-order valence-corrected chi connectivity index (χ4v) is 5.66. The minimum Gasteiger partial charge on any atom is -0.338 e. The van der Waals surface area contributed by atoms with Crippen LogP contribution in [0.3, 0.4) is 0 Å². The predicted molar refractivity (Wildman–Crippen MR) is 148 cm³/mol. The molecule has 38 heavy (non-hydrogen) atoms. The molecule has 8 heteroatoms. The van der Waals surface area contributed by atoms with Crippen molar-refractivity contribution in [3.63, 3.8) is 0 Å². The second-order valence-electron chi connectivity index (χ2n) is 9.69. The van der Waals surface area contributed by atoms with E-state index in [1.807, 2.05) is 69.5 Å². The molecule has 6 rings (SSSR count). The lowest BCUT2D eigenvalue weighted by molar-refractivity contribution is 0.0694. The van der Waals surface area contributed by atoms with Crippen molar-refractivity contribution >= 4 is 28.5 Å². The van der Waals surface area contributed by atoms with Crippen LogP contribution < -0.4 is 5.69 Å². The molecule has 3 heterocycles. The van der Waals surface area contributed by atoms with Gasteiger partial charge in [0.2, 0.25) is 0 Å². The summed E-state index contributed by atoms with van der Waals surface area (Å²) in [6.45, 7) is 2.96. The van der Waals surface area contributed by atoms with Crippen LogP contribution in [-0.4, -0.2) is 38.0 Å². The van der Waals surface area contributed by atoms with Crippen molar-refractivity contribution in [2.75, 3.05) is 13.1 Å².